The van der Waals surface area contributed by atoms with Crippen molar-refractivity contribution in [2.24, 2.45) is 0 Å². The molecule has 0 aliphatic carbocycles. The van der Waals surface area contributed by atoms with Gasteiger partial charge in [-0.15, -0.1) is 0 Å². The van der Waals surface area contributed by atoms with Gasteiger partial charge in [0.2, 0.25) is 0 Å². The third kappa shape index (κ3) is 6.24. The normalized spacial score (nSPS) is 11.1. The Labute approximate surface area is 183 Å². The Balaban J connectivity index is 1.73. The number of alkyl halides is 3. The van der Waals surface area contributed by atoms with Gasteiger partial charge in [0.25, 0.3) is 5.91 Å². The van der Waals surface area contributed by atoms with E-state index in [1.165, 1.54) is 13.2 Å². The Kier molecular flexibility index (Phi) is 7.72. The topological polar surface area (TPSA) is 56.8 Å². The molecule has 0 bridgehead atoms. The number of carbonyl (C=O) groups is 1. The lowest BCUT2D eigenvalue weighted by atomic mass is 10.1. The van der Waals surface area contributed by atoms with E-state index >= 15 is 0 Å². The van der Waals surface area contributed by atoms with Crippen LogP contribution in [0.4, 0.5) is 18.9 Å². The number of anilines is 1. The summed E-state index contributed by atoms with van der Waals surface area (Å²) in [6.45, 7) is -0.0307. The Hall–Kier alpha value is -3.52. The van der Waals surface area contributed by atoms with Gasteiger partial charge in [-0.2, -0.15) is 13.2 Å². The zero-order valence-corrected chi connectivity index (χ0v) is 17.3. The molecule has 3 aromatic rings. The number of nitrogens with one attached hydrogen (secondary N) is 1. The summed E-state index contributed by atoms with van der Waals surface area (Å²) in [5.74, 6) is -0.0358. The minimum Gasteiger partial charge on any atom is -0.489 e. The number of methoxy groups -OCH3 is 1. The van der Waals surface area contributed by atoms with Crippen LogP contribution < -0.4 is 14.8 Å². The number of benzene rings is 3. The maximum Gasteiger partial charge on any atom is 0.416 e. The number of rotatable bonds is 9. The van der Waals surface area contributed by atoms with E-state index in [0.29, 0.717) is 5.75 Å². The van der Waals surface area contributed by atoms with Gasteiger partial charge in [0.05, 0.1) is 17.9 Å². The van der Waals surface area contributed by atoms with E-state index in [-0.39, 0.29) is 24.7 Å². The molecule has 1 amide bonds. The average molecular weight is 445 g/mol. The smallest absolute Gasteiger partial charge is 0.416 e. The lowest BCUT2D eigenvalue weighted by Gasteiger charge is -2.16. The molecule has 0 fully saturated rings. The van der Waals surface area contributed by atoms with Crippen LogP contribution in [0.1, 0.15) is 5.56 Å². The number of amides is 1. The Morgan fingerprint density at radius 3 is 2.31 bits per heavy atom. The van der Waals surface area contributed by atoms with Crippen molar-refractivity contribution in [3.63, 3.8) is 0 Å². The molecule has 32 heavy (non-hydrogen) atoms. The molecule has 0 aliphatic heterocycles. The van der Waals surface area contributed by atoms with Crippen molar-refractivity contribution in [2.45, 2.75) is 6.18 Å². The van der Waals surface area contributed by atoms with E-state index < -0.39 is 24.3 Å². The van der Waals surface area contributed by atoms with Crippen molar-refractivity contribution in [1.82, 2.24) is 0 Å². The summed E-state index contributed by atoms with van der Waals surface area (Å²) in [5.41, 5.74) is 0.710. The second-order valence-corrected chi connectivity index (χ2v) is 6.75. The SMILES string of the molecule is COCCOc1ccc(C(F)(F)F)cc1NC(=O)COc1ccccc1-c1ccccc1. The minimum absolute atomic E-state index is 0.0964. The van der Waals surface area contributed by atoms with Gasteiger partial charge < -0.3 is 19.5 Å². The van der Waals surface area contributed by atoms with Gasteiger partial charge in [-0.1, -0.05) is 48.5 Å². The molecule has 8 heteroatoms. The zero-order valence-electron chi connectivity index (χ0n) is 17.3. The second-order valence-electron chi connectivity index (χ2n) is 6.75. The first-order chi connectivity index (χ1) is 15.4. The number of carbonyl (C=O) groups excluding carboxylic acids is 1. The van der Waals surface area contributed by atoms with Crippen LogP contribution in [0.3, 0.4) is 0 Å². The van der Waals surface area contributed by atoms with Gasteiger partial charge in [-0.3, -0.25) is 4.79 Å². The summed E-state index contributed by atoms with van der Waals surface area (Å²) in [7, 11) is 1.48. The number of hydrogen-bond acceptors (Lipinski definition) is 4. The van der Waals surface area contributed by atoms with Gasteiger partial charge >= 0.3 is 6.18 Å². The standard InChI is InChI=1S/C24H22F3NO4/c1-30-13-14-31-22-12-11-18(24(25,26)27)15-20(22)28-23(29)16-32-21-10-6-5-9-19(21)17-7-3-2-4-8-17/h2-12,15H,13-14,16H2,1H3,(H,28,29). The monoisotopic (exact) mass is 445 g/mol. The Morgan fingerprint density at radius 1 is 0.875 bits per heavy atom. The molecule has 0 heterocycles. The molecule has 0 spiro atoms. The van der Waals surface area contributed by atoms with E-state index in [9.17, 15) is 18.0 Å². The largest absolute Gasteiger partial charge is 0.489 e. The molecule has 0 saturated heterocycles. The lowest BCUT2D eigenvalue weighted by molar-refractivity contribution is -0.137. The highest BCUT2D eigenvalue weighted by molar-refractivity contribution is 5.93. The maximum absolute atomic E-state index is 13.1. The molecular weight excluding hydrogens is 423 g/mol. The first kappa shape index (κ1) is 23.1. The van der Waals surface area contributed by atoms with Crippen molar-refractivity contribution in [3.05, 3.63) is 78.4 Å². The first-order valence-corrected chi connectivity index (χ1v) is 9.78. The third-order valence-electron chi connectivity index (χ3n) is 4.46. The molecule has 0 aromatic heterocycles. The maximum atomic E-state index is 13.1. The van der Waals surface area contributed by atoms with Crippen LogP contribution in [-0.4, -0.2) is 32.8 Å². The molecule has 0 radical (unpaired) electrons. The van der Waals surface area contributed by atoms with Crippen molar-refractivity contribution in [1.29, 1.82) is 0 Å². The van der Waals surface area contributed by atoms with Gasteiger partial charge in [-0.25, -0.2) is 0 Å². The third-order valence-corrected chi connectivity index (χ3v) is 4.46. The van der Waals surface area contributed by atoms with Gasteiger partial charge in [0.15, 0.2) is 6.61 Å². The lowest BCUT2D eigenvalue weighted by Crippen LogP contribution is -2.21. The summed E-state index contributed by atoms with van der Waals surface area (Å²) < 4.78 is 55.4. The molecular formula is C24H22F3NO4. The quantitative estimate of drug-likeness (QED) is 0.447. The molecule has 0 unspecified atom stereocenters. The van der Waals surface area contributed by atoms with Crippen LogP contribution in [0.5, 0.6) is 11.5 Å². The number of halogens is 3. The van der Waals surface area contributed by atoms with E-state index in [2.05, 4.69) is 5.32 Å². The molecule has 5 nitrogen and oxygen atoms in total. The van der Waals surface area contributed by atoms with E-state index in [4.69, 9.17) is 14.2 Å². The van der Waals surface area contributed by atoms with Crippen LogP contribution in [0.15, 0.2) is 72.8 Å². The Bertz CT molecular complexity index is 1040. The fraction of sp³-hybridized carbons (Fsp3) is 0.208. The summed E-state index contributed by atoms with van der Waals surface area (Å²) in [6.07, 6.45) is -4.56. The first-order valence-electron chi connectivity index (χ1n) is 9.78. The van der Waals surface area contributed by atoms with Crippen molar-refractivity contribution < 1.29 is 32.2 Å². The number of hydrogen-bond donors (Lipinski definition) is 1. The van der Waals surface area contributed by atoms with E-state index in [1.54, 1.807) is 12.1 Å². The molecule has 0 atom stereocenters. The minimum atomic E-state index is -4.56. The molecule has 0 saturated carbocycles. The van der Waals surface area contributed by atoms with Crippen LogP contribution in [0.2, 0.25) is 0 Å². The van der Waals surface area contributed by atoms with E-state index in [1.807, 2.05) is 42.5 Å². The van der Waals surface area contributed by atoms with Crippen LogP contribution in [0.25, 0.3) is 11.1 Å². The highest BCUT2D eigenvalue weighted by atomic mass is 19.4. The molecule has 3 aromatic carbocycles. The molecule has 1 N–H and O–H groups in total. The fourth-order valence-electron chi connectivity index (χ4n) is 2.94. The summed E-state index contributed by atoms with van der Waals surface area (Å²) in [4.78, 5) is 12.5. The molecule has 168 valence electrons. The summed E-state index contributed by atoms with van der Waals surface area (Å²) in [5, 5.41) is 2.45. The highest BCUT2D eigenvalue weighted by Gasteiger charge is 2.31. The van der Waals surface area contributed by atoms with Crippen molar-refractivity contribution in [2.75, 3.05) is 32.2 Å². The molecule has 3 rings (SSSR count). The van der Waals surface area contributed by atoms with Crippen LogP contribution in [-0.2, 0) is 15.7 Å². The van der Waals surface area contributed by atoms with Crippen LogP contribution >= 0.6 is 0 Å². The van der Waals surface area contributed by atoms with Crippen LogP contribution in [0, 0.1) is 0 Å². The number of para-hydroxylation sites is 1. The van der Waals surface area contributed by atoms with Gasteiger partial charge in [-0.05, 0) is 29.8 Å². The predicted molar refractivity (Wildman–Crippen MR) is 115 cm³/mol. The fourth-order valence-corrected chi connectivity index (χ4v) is 2.94. The zero-order chi connectivity index (χ0) is 23.0. The summed E-state index contributed by atoms with van der Waals surface area (Å²) in [6, 6.07) is 19.6. The van der Waals surface area contributed by atoms with E-state index in [0.717, 1.165) is 23.3 Å². The van der Waals surface area contributed by atoms with Crippen molar-refractivity contribution in [3.8, 4) is 22.6 Å². The predicted octanol–water partition coefficient (Wildman–Crippen LogP) is 5.42. The average Bonchev–Trinajstić information content (AvgIpc) is 2.79. The Morgan fingerprint density at radius 2 is 1.59 bits per heavy atom. The van der Waals surface area contributed by atoms with Crippen molar-refractivity contribution >= 4 is 11.6 Å². The molecule has 0 aliphatic rings. The van der Waals surface area contributed by atoms with Gasteiger partial charge in [0, 0.05) is 12.7 Å². The summed E-state index contributed by atoms with van der Waals surface area (Å²) >= 11 is 0. The van der Waals surface area contributed by atoms with Gasteiger partial charge in [0.1, 0.15) is 18.1 Å². The second kappa shape index (κ2) is 10.7. The highest BCUT2D eigenvalue weighted by Crippen LogP contribution is 2.35. The number of ether oxygens (including phenoxy) is 3.